The van der Waals surface area contributed by atoms with Crippen LogP contribution >= 0.6 is 23.2 Å². The molecular formula is C25H25Cl2N3O6S. The van der Waals surface area contributed by atoms with Crippen LogP contribution < -0.4 is 19.6 Å². The standard InChI is InChI=1S/C25H25Cl2N3O6S/c1-34-21-11-18(12-22(35-2)25(21)36-3)14-28-29-24(31)16-30(15-17-7-5-4-6-8-17)37(32,33)23-13-19(26)9-10-20(23)27/h4-14H,15-16H2,1-3H3,(H,29,31). The fourth-order valence-corrected chi connectivity index (χ4v) is 5.50. The summed E-state index contributed by atoms with van der Waals surface area (Å²) in [7, 11) is 0.253. The molecule has 0 saturated carbocycles. The summed E-state index contributed by atoms with van der Waals surface area (Å²) in [6.07, 6.45) is 1.37. The minimum Gasteiger partial charge on any atom is -0.493 e. The van der Waals surface area contributed by atoms with Crippen molar-refractivity contribution in [3.63, 3.8) is 0 Å². The number of carbonyl (C=O) groups excluding carboxylic acids is 1. The Morgan fingerprint density at radius 2 is 1.62 bits per heavy atom. The van der Waals surface area contributed by atoms with Crippen LogP contribution in [0.15, 0.2) is 70.7 Å². The highest BCUT2D eigenvalue weighted by Gasteiger charge is 2.29. The molecule has 12 heteroatoms. The second-order valence-corrected chi connectivity index (χ2v) is 10.3. The lowest BCUT2D eigenvalue weighted by molar-refractivity contribution is -0.121. The van der Waals surface area contributed by atoms with Crippen LogP contribution in [0.5, 0.6) is 17.2 Å². The highest BCUT2D eigenvalue weighted by molar-refractivity contribution is 7.89. The molecule has 1 amide bonds. The summed E-state index contributed by atoms with van der Waals surface area (Å²) in [6, 6.07) is 16.3. The van der Waals surface area contributed by atoms with E-state index in [9.17, 15) is 13.2 Å². The van der Waals surface area contributed by atoms with Crippen LogP contribution in [0.1, 0.15) is 11.1 Å². The third-order valence-corrected chi connectivity index (χ3v) is 7.63. The predicted molar refractivity (Wildman–Crippen MR) is 142 cm³/mol. The molecule has 0 fully saturated rings. The van der Waals surface area contributed by atoms with Crippen molar-refractivity contribution in [2.75, 3.05) is 27.9 Å². The highest BCUT2D eigenvalue weighted by Crippen LogP contribution is 2.37. The number of amides is 1. The number of ether oxygens (including phenoxy) is 3. The van der Waals surface area contributed by atoms with Gasteiger partial charge in [0.05, 0.1) is 39.1 Å². The first-order chi connectivity index (χ1) is 17.7. The molecule has 0 saturated heterocycles. The molecule has 0 bridgehead atoms. The molecule has 0 aromatic heterocycles. The van der Waals surface area contributed by atoms with Crippen molar-refractivity contribution < 1.29 is 27.4 Å². The van der Waals surface area contributed by atoms with Crippen LogP contribution in [-0.4, -0.2) is 52.7 Å². The van der Waals surface area contributed by atoms with Crippen molar-refractivity contribution >= 4 is 45.3 Å². The van der Waals surface area contributed by atoms with Gasteiger partial charge in [0.15, 0.2) is 11.5 Å². The molecule has 3 aromatic carbocycles. The number of nitrogens with one attached hydrogen (secondary N) is 1. The molecule has 0 spiro atoms. The van der Waals surface area contributed by atoms with Crippen LogP contribution in [0.25, 0.3) is 0 Å². The Morgan fingerprint density at radius 1 is 0.973 bits per heavy atom. The van der Waals surface area contributed by atoms with E-state index in [1.165, 1.54) is 45.7 Å². The number of sulfonamides is 1. The minimum atomic E-state index is -4.19. The van der Waals surface area contributed by atoms with E-state index in [4.69, 9.17) is 37.4 Å². The molecule has 196 valence electrons. The topological polar surface area (TPSA) is 107 Å². The quantitative estimate of drug-likeness (QED) is 0.273. The van der Waals surface area contributed by atoms with Crippen molar-refractivity contribution in [3.8, 4) is 17.2 Å². The first-order valence-electron chi connectivity index (χ1n) is 10.8. The lowest BCUT2D eigenvalue weighted by Gasteiger charge is -2.22. The number of rotatable bonds is 11. The van der Waals surface area contributed by atoms with Gasteiger partial charge in [0.1, 0.15) is 4.90 Å². The summed E-state index contributed by atoms with van der Waals surface area (Å²) in [5.41, 5.74) is 3.58. The van der Waals surface area contributed by atoms with Gasteiger partial charge in [-0.3, -0.25) is 4.79 Å². The number of hydrazone groups is 1. The normalized spacial score (nSPS) is 11.5. The molecule has 0 aliphatic carbocycles. The van der Waals surface area contributed by atoms with E-state index < -0.39 is 22.5 Å². The Kier molecular flexibility index (Phi) is 9.76. The Bertz CT molecular complexity index is 1360. The summed E-state index contributed by atoms with van der Waals surface area (Å²) < 4.78 is 43.8. The summed E-state index contributed by atoms with van der Waals surface area (Å²) in [4.78, 5) is 12.5. The monoisotopic (exact) mass is 565 g/mol. The molecule has 0 unspecified atom stereocenters. The van der Waals surface area contributed by atoms with Gasteiger partial charge in [-0.05, 0) is 35.9 Å². The second kappa shape index (κ2) is 12.8. The smallest absolute Gasteiger partial charge is 0.255 e. The van der Waals surface area contributed by atoms with Gasteiger partial charge in [-0.2, -0.15) is 9.41 Å². The van der Waals surface area contributed by atoms with E-state index in [0.717, 1.165) is 4.31 Å². The molecule has 0 radical (unpaired) electrons. The summed E-state index contributed by atoms with van der Waals surface area (Å²) in [5.74, 6) is 0.565. The van der Waals surface area contributed by atoms with E-state index in [2.05, 4.69) is 10.5 Å². The van der Waals surface area contributed by atoms with Crippen LogP contribution in [0.2, 0.25) is 10.0 Å². The third kappa shape index (κ3) is 7.14. The number of nitrogens with zero attached hydrogens (tertiary/aromatic N) is 2. The molecule has 0 atom stereocenters. The number of hydrogen-bond donors (Lipinski definition) is 1. The zero-order valence-corrected chi connectivity index (χ0v) is 22.6. The number of methoxy groups -OCH3 is 3. The van der Waals surface area contributed by atoms with E-state index in [1.54, 1.807) is 42.5 Å². The van der Waals surface area contributed by atoms with Crippen molar-refractivity contribution in [1.82, 2.24) is 9.73 Å². The van der Waals surface area contributed by atoms with Crippen LogP contribution in [0.4, 0.5) is 0 Å². The van der Waals surface area contributed by atoms with Gasteiger partial charge >= 0.3 is 0 Å². The van der Waals surface area contributed by atoms with Gasteiger partial charge in [0.2, 0.25) is 15.8 Å². The van der Waals surface area contributed by atoms with Gasteiger partial charge < -0.3 is 14.2 Å². The highest BCUT2D eigenvalue weighted by atomic mass is 35.5. The molecule has 0 aliphatic heterocycles. The summed E-state index contributed by atoms with van der Waals surface area (Å²) in [5, 5.41) is 4.13. The Labute approximate surface area is 225 Å². The maximum absolute atomic E-state index is 13.5. The number of carbonyl (C=O) groups is 1. The average molecular weight is 566 g/mol. The molecular weight excluding hydrogens is 541 g/mol. The Morgan fingerprint density at radius 3 is 2.22 bits per heavy atom. The van der Waals surface area contributed by atoms with Gasteiger partial charge in [-0.1, -0.05) is 53.5 Å². The molecule has 3 aromatic rings. The molecule has 9 nitrogen and oxygen atoms in total. The maximum Gasteiger partial charge on any atom is 0.255 e. The fourth-order valence-electron chi connectivity index (χ4n) is 3.38. The number of benzene rings is 3. The Hall–Kier alpha value is -3.31. The lowest BCUT2D eigenvalue weighted by atomic mass is 10.2. The molecule has 37 heavy (non-hydrogen) atoms. The van der Waals surface area contributed by atoms with Crippen molar-refractivity contribution in [3.05, 3.63) is 81.8 Å². The lowest BCUT2D eigenvalue weighted by Crippen LogP contribution is -2.39. The molecule has 3 rings (SSSR count). The molecule has 0 heterocycles. The average Bonchev–Trinajstić information content (AvgIpc) is 2.89. The Balaban J connectivity index is 1.83. The fraction of sp³-hybridized carbons (Fsp3) is 0.200. The first-order valence-corrected chi connectivity index (χ1v) is 13.0. The zero-order valence-electron chi connectivity index (χ0n) is 20.3. The predicted octanol–water partition coefficient (Wildman–Crippen LogP) is 4.36. The summed E-state index contributed by atoms with van der Waals surface area (Å²) in [6.45, 7) is -0.595. The maximum atomic E-state index is 13.5. The number of halogens is 2. The minimum absolute atomic E-state index is 0.0108. The van der Waals surface area contributed by atoms with Gasteiger partial charge in [-0.25, -0.2) is 13.8 Å². The molecule has 1 N–H and O–H groups in total. The summed E-state index contributed by atoms with van der Waals surface area (Å²) >= 11 is 12.2. The van der Waals surface area contributed by atoms with Crippen LogP contribution in [0, 0.1) is 0 Å². The van der Waals surface area contributed by atoms with Crippen LogP contribution in [0.3, 0.4) is 0 Å². The van der Waals surface area contributed by atoms with Gasteiger partial charge in [0.25, 0.3) is 5.91 Å². The second-order valence-electron chi connectivity index (χ2n) is 7.59. The number of hydrogen-bond acceptors (Lipinski definition) is 7. The van der Waals surface area contributed by atoms with Gasteiger partial charge in [-0.15, -0.1) is 0 Å². The first kappa shape index (κ1) is 28.3. The van der Waals surface area contributed by atoms with E-state index >= 15 is 0 Å². The van der Waals surface area contributed by atoms with Crippen molar-refractivity contribution in [2.24, 2.45) is 5.10 Å². The van der Waals surface area contributed by atoms with E-state index in [1.807, 2.05) is 0 Å². The van der Waals surface area contributed by atoms with Gasteiger partial charge in [0, 0.05) is 17.1 Å². The largest absolute Gasteiger partial charge is 0.493 e. The zero-order chi connectivity index (χ0) is 27.0. The van der Waals surface area contributed by atoms with E-state index in [-0.39, 0.29) is 21.5 Å². The van der Waals surface area contributed by atoms with E-state index in [0.29, 0.717) is 28.4 Å². The third-order valence-electron chi connectivity index (χ3n) is 5.12. The van der Waals surface area contributed by atoms with Crippen molar-refractivity contribution in [2.45, 2.75) is 11.4 Å². The van der Waals surface area contributed by atoms with Crippen molar-refractivity contribution in [1.29, 1.82) is 0 Å². The SMILES string of the molecule is COc1cc(C=NNC(=O)CN(Cc2ccccc2)S(=O)(=O)c2cc(Cl)ccc2Cl)cc(OC)c1OC. The van der Waals surface area contributed by atoms with Crippen LogP contribution in [-0.2, 0) is 21.4 Å². The molecule has 0 aliphatic rings.